The van der Waals surface area contributed by atoms with Crippen LogP contribution < -0.4 is 9.64 Å². The van der Waals surface area contributed by atoms with Crippen LogP contribution in [0.2, 0.25) is 0 Å². The topological polar surface area (TPSA) is 73.1 Å². The molecule has 1 amide bonds. The average molecular weight is 445 g/mol. The number of anilines is 1. The molecule has 1 aliphatic rings. The zero-order valence-corrected chi connectivity index (χ0v) is 18.1. The second-order valence-corrected chi connectivity index (χ2v) is 8.10. The first-order chi connectivity index (χ1) is 15.0. The van der Waals surface area contributed by atoms with E-state index in [9.17, 15) is 18.0 Å². The minimum absolute atomic E-state index is 0.281. The summed E-state index contributed by atoms with van der Waals surface area (Å²) in [7, 11) is 0. The zero-order chi connectivity index (χ0) is 23.3. The number of pyridine rings is 2. The highest BCUT2D eigenvalue weighted by Crippen LogP contribution is 2.43. The van der Waals surface area contributed by atoms with Crippen LogP contribution in [0, 0.1) is 6.92 Å². The number of alkyl halides is 3. The van der Waals surface area contributed by atoms with E-state index in [2.05, 4.69) is 10.1 Å². The van der Waals surface area contributed by atoms with Gasteiger partial charge in [0.2, 0.25) is 0 Å². The molecule has 168 valence electrons. The minimum Gasteiger partial charge on any atom is -0.492 e. The highest BCUT2D eigenvalue weighted by molar-refractivity contribution is 6.12. The molecule has 0 aliphatic carbocycles. The third kappa shape index (κ3) is 3.80. The first kappa shape index (κ1) is 21.8. The van der Waals surface area contributed by atoms with E-state index in [1.807, 2.05) is 33.8 Å². The number of rotatable bonds is 5. The van der Waals surface area contributed by atoms with Crippen molar-refractivity contribution < 1.29 is 22.7 Å². The van der Waals surface area contributed by atoms with Gasteiger partial charge in [-0.2, -0.15) is 18.3 Å². The van der Waals surface area contributed by atoms with E-state index < -0.39 is 18.3 Å². The van der Waals surface area contributed by atoms with Crippen molar-refractivity contribution in [2.45, 2.75) is 46.0 Å². The molecule has 0 fully saturated rings. The summed E-state index contributed by atoms with van der Waals surface area (Å²) in [6.45, 7) is 6.58. The molecule has 4 rings (SSSR count). The Kier molecular flexibility index (Phi) is 5.18. The van der Waals surface area contributed by atoms with Crippen molar-refractivity contribution in [3.63, 3.8) is 0 Å². The maximum absolute atomic E-state index is 13.3. The predicted molar refractivity (Wildman–Crippen MR) is 111 cm³/mol. The highest BCUT2D eigenvalue weighted by Gasteiger charge is 2.47. The number of carbonyl (C=O) groups excluding carboxylic acids is 1. The van der Waals surface area contributed by atoms with E-state index in [4.69, 9.17) is 9.72 Å². The molecule has 0 saturated carbocycles. The number of fused-ring (bicyclic) bond motifs is 1. The summed E-state index contributed by atoms with van der Waals surface area (Å²) in [4.78, 5) is 23.7. The summed E-state index contributed by atoms with van der Waals surface area (Å²) < 4.78 is 44.5. The molecule has 7 nitrogen and oxygen atoms in total. The van der Waals surface area contributed by atoms with Crippen molar-refractivity contribution in [1.82, 2.24) is 19.7 Å². The molecule has 1 aliphatic heterocycles. The third-order valence-corrected chi connectivity index (χ3v) is 5.31. The van der Waals surface area contributed by atoms with Crippen molar-refractivity contribution in [1.29, 1.82) is 0 Å². The van der Waals surface area contributed by atoms with Crippen molar-refractivity contribution in [3.8, 4) is 17.0 Å². The molecule has 0 N–H and O–H groups in total. The lowest BCUT2D eigenvalue weighted by Gasteiger charge is -2.30. The molecule has 4 heterocycles. The van der Waals surface area contributed by atoms with E-state index in [1.54, 1.807) is 18.5 Å². The molecule has 32 heavy (non-hydrogen) atoms. The summed E-state index contributed by atoms with van der Waals surface area (Å²) in [5, 5.41) is 3.78. The number of aryl methyl sites for hydroxylation is 1. The van der Waals surface area contributed by atoms with Crippen LogP contribution in [0.5, 0.6) is 5.75 Å². The molecule has 0 atom stereocenters. The second-order valence-electron chi connectivity index (χ2n) is 8.10. The lowest BCUT2D eigenvalue weighted by atomic mass is 9.96. The zero-order valence-electron chi connectivity index (χ0n) is 18.1. The normalized spacial score (nSPS) is 15.2. The SMILES string of the molecule is CCOc1cncc(-c2cc(C)c3c(n2)C(C)(C)N(c2cnn(CC(F)(F)F)c2)C3=O)c1. The lowest BCUT2D eigenvalue weighted by molar-refractivity contribution is -0.142. The van der Waals surface area contributed by atoms with Crippen LogP contribution in [0.15, 0.2) is 36.9 Å². The summed E-state index contributed by atoms with van der Waals surface area (Å²) in [5.74, 6) is 0.285. The Balaban J connectivity index is 1.75. The van der Waals surface area contributed by atoms with Gasteiger partial charge in [0.15, 0.2) is 0 Å². The molecule has 0 aromatic carbocycles. The Labute approximate surface area is 182 Å². The predicted octanol–water partition coefficient (Wildman–Crippen LogP) is 4.51. The van der Waals surface area contributed by atoms with E-state index >= 15 is 0 Å². The quantitative estimate of drug-likeness (QED) is 0.578. The van der Waals surface area contributed by atoms with Crippen molar-refractivity contribution in [2.75, 3.05) is 11.5 Å². The molecule has 0 bridgehead atoms. The summed E-state index contributed by atoms with van der Waals surface area (Å²) in [5.41, 5.74) is 2.45. The van der Waals surface area contributed by atoms with Crippen molar-refractivity contribution in [3.05, 3.63) is 53.7 Å². The summed E-state index contributed by atoms with van der Waals surface area (Å²) >= 11 is 0. The molecule has 0 radical (unpaired) electrons. The smallest absolute Gasteiger partial charge is 0.408 e. The van der Waals surface area contributed by atoms with Crippen LogP contribution in [-0.2, 0) is 12.1 Å². The molecule has 0 unspecified atom stereocenters. The minimum atomic E-state index is -4.41. The maximum Gasteiger partial charge on any atom is 0.408 e. The monoisotopic (exact) mass is 445 g/mol. The number of amides is 1. The van der Waals surface area contributed by atoms with Crippen LogP contribution in [0.4, 0.5) is 18.9 Å². The highest BCUT2D eigenvalue weighted by atomic mass is 19.4. The van der Waals surface area contributed by atoms with E-state index in [-0.39, 0.29) is 11.6 Å². The van der Waals surface area contributed by atoms with Gasteiger partial charge in [0.05, 0.1) is 47.2 Å². The van der Waals surface area contributed by atoms with Crippen molar-refractivity contribution in [2.24, 2.45) is 0 Å². The van der Waals surface area contributed by atoms with Gasteiger partial charge in [-0.05, 0) is 45.4 Å². The average Bonchev–Trinajstić information content (AvgIpc) is 3.20. The Morgan fingerprint density at radius 2 is 1.91 bits per heavy atom. The van der Waals surface area contributed by atoms with Gasteiger partial charge in [0.1, 0.15) is 12.3 Å². The fraction of sp³-hybridized carbons (Fsp3) is 0.364. The van der Waals surface area contributed by atoms with Crippen LogP contribution in [0.25, 0.3) is 11.3 Å². The number of carbonyl (C=O) groups is 1. The van der Waals surface area contributed by atoms with Gasteiger partial charge in [-0.1, -0.05) is 0 Å². The largest absolute Gasteiger partial charge is 0.492 e. The molecule has 3 aromatic rings. The number of halogens is 3. The molecule has 10 heteroatoms. The summed E-state index contributed by atoms with van der Waals surface area (Å²) in [6.07, 6.45) is 1.36. The number of ether oxygens (including phenoxy) is 1. The molecule has 0 saturated heterocycles. The Morgan fingerprint density at radius 3 is 2.59 bits per heavy atom. The van der Waals surface area contributed by atoms with Crippen LogP contribution >= 0.6 is 0 Å². The fourth-order valence-corrected chi connectivity index (χ4v) is 3.99. The second kappa shape index (κ2) is 7.61. The Morgan fingerprint density at radius 1 is 1.16 bits per heavy atom. The van der Waals surface area contributed by atoms with Crippen LogP contribution in [0.1, 0.15) is 42.4 Å². The first-order valence-electron chi connectivity index (χ1n) is 10.1. The molecule has 0 spiro atoms. The van der Waals surface area contributed by atoms with Gasteiger partial charge in [-0.15, -0.1) is 0 Å². The standard InChI is InChI=1S/C22H22F3N5O2/c1-5-32-16-7-14(8-26-10-16)17-6-13(2)18-19(28-17)21(3,4)30(20(18)31)15-9-27-29(11-15)12-22(23,24)25/h6-11H,5,12H2,1-4H3. The van der Waals surface area contributed by atoms with E-state index in [0.717, 1.165) is 15.8 Å². The molecule has 3 aromatic heterocycles. The summed E-state index contributed by atoms with van der Waals surface area (Å²) in [6, 6.07) is 3.63. The van der Waals surface area contributed by atoms with Gasteiger partial charge in [0, 0.05) is 18.0 Å². The number of hydrogen-bond donors (Lipinski definition) is 0. The van der Waals surface area contributed by atoms with Gasteiger partial charge >= 0.3 is 6.18 Å². The Bertz CT molecular complexity index is 1190. The van der Waals surface area contributed by atoms with E-state index in [1.165, 1.54) is 17.3 Å². The van der Waals surface area contributed by atoms with Crippen LogP contribution in [-0.4, -0.2) is 38.4 Å². The first-order valence-corrected chi connectivity index (χ1v) is 10.1. The van der Waals surface area contributed by atoms with Crippen molar-refractivity contribution >= 4 is 11.6 Å². The number of nitrogens with zero attached hydrogens (tertiary/aromatic N) is 5. The van der Waals surface area contributed by atoms with E-state index in [0.29, 0.717) is 29.3 Å². The molecular weight excluding hydrogens is 423 g/mol. The fourth-order valence-electron chi connectivity index (χ4n) is 3.99. The number of hydrogen-bond acceptors (Lipinski definition) is 5. The van der Waals surface area contributed by atoms with Crippen LogP contribution in [0.3, 0.4) is 0 Å². The van der Waals surface area contributed by atoms with Gasteiger partial charge in [0.25, 0.3) is 5.91 Å². The number of aromatic nitrogens is 4. The third-order valence-electron chi connectivity index (χ3n) is 5.31. The van der Waals surface area contributed by atoms with Gasteiger partial charge < -0.3 is 4.74 Å². The van der Waals surface area contributed by atoms with Gasteiger partial charge in [-0.25, -0.2) is 4.98 Å². The van der Waals surface area contributed by atoms with Gasteiger partial charge in [-0.3, -0.25) is 19.4 Å². The Hall–Kier alpha value is -3.43. The lowest BCUT2D eigenvalue weighted by Crippen LogP contribution is -2.39. The molecular formula is C22H22F3N5O2. The maximum atomic E-state index is 13.3.